The quantitative estimate of drug-likeness (QED) is 0.691. The van der Waals surface area contributed by atoms with Crippen molar-refractivity contribution in [3.8, 4) is 0 Å². The van der Waals surface area contributed by atoms with Crippen LogP contribution in [-0.4, -0.2) is 50.1 Å². The van der Waals surface area contributed by atoms with E-state index in [-0.39, 0.29) is 6.42 Å². The molecule has 1 aromatic heterocycles. The number of aliphatic carboxylic acids is 1. The molecule has 1 rings (SSSR count). The Bertz CT molecular complexity index is 491. The second kappa shape index (κ2) is 6.92. The molecule has 1 heterocycles. The summed E-state index contributed by atoms with van der Waals surface area (Å²) in [5.41, 5.74) is 0.212. The van der Waals surface area contributed by atoms with Crippen molar-refractivity contribution in [1.82, 2.24) is 20.2 Å². The van der Waals surface area contributed by atoms with Crippen LogP contribution in [0.4, 0.5) is 4.79 Å². The average molecular weight is 294 g/mol. The molecular formula is C14H22N4O3. The zero-order valence-electron chi connectivity index (χ0n) is 12.6. The van der Waals surface area contributed by atoms with Gasteiger partial charge in [0.15, 0.2) is 0 Å². The number of imidazole rings is 1. The van der Waals surface area contributed by atoms with Gasteiger partial charge in [0.2, 0.25) is 0 Å². The Labute approximate surface area is 124 Å². The normalized spacial score (nSPS) is 12.5. The molecule has 0 bridgehead atoms. The Morgan fingerprint density at radius 1 is 1.57 bits per heavy atom. The van der Waals surface area contributed by atoms with Gasteiger partial charge in [0.25, 0.3) is 0 Å². The van der Waals surface area contributed by atoms with Crippen LogP contribution in [0.2, 0.25) is 0 Å². The van der Waals surface area contributed by atoms with Gasteiger partial charge in [-0.25, -0.2) is 14.6 Å². The summed E-state index contributed by atoms with van der Waals surface area (Å²) in [6.45, 7) is 9.59. The molecule has 1 aromatic rings. The van der Waals surface area contributed by atoms with Gasteiger partial charge in [-0.2, -0.15) is 0 Å². The van der Waals surface area contributed by atoms with Crippen molar-refractivity contribution in [3.63, 3.8) is 0 Å². The van der Waals surface area contributed by atoms with Crippen molar-refractivity contribution in [2.24, 2.45) is 0 Å². The maximum atomic E-state index is 12.3. The molecule has 1 atom stereocenters. The molecule has 0 aromatic carbocycles. The smallest absolute Gasteiger partial charge is 0.326 e. The first-order valence-corrected chi connectivity index (χ1v) is 6.64. The standard InChI is InChI=1S/C14H22N4O3/c1-5-6-18(14(2,3)4)13(21)17-11(12(19)20)7-10-8-15-9-16-10/h5,8-9,11H,1,6-7H2,2-4H3,(H,15,16)(H,17,21)(H,19,20). The van der Waals surface area contributed by atoms with Gasteiger partial charge in [0.05, 0.1) is 6.33 Å². The minimum Gasteiger partial charge on any atom is -0.480 e. The lowest BCUT2D eigenvalue weighted by Gasteiger charge is -2.35. The number of amides is 2. The number of carboxylic acid groups (broad SMARTS) is 1. The molecule has 7 heteroatoms. The summed E-state index contributed by atoms with van der Waals surface area (Å²) >= 11 is 0. The summed E-state index contributed by atoms with van der Waals surface area (Å²) < 4.78 is 0. The van der Waals surface area contributed by atoms with Gasteiger partial charge in [-0.3, -0.25) is 0 Å². The molecule has 2 amide bonds. The van der Waals surface area contributed by atoms with E-state index in [1.54, 1.807) is 6.08 Å². The van der Waals surface area contributed by atoms with Crippen LogP contribution in [0.3, 0.4) is 0 Å². The number of carbonyl (C=O) groups is 2. The van der Waals surface area contributed by atoms with Crippen LogP contribution in [0.5, 0.6) is 0 Å². The molecule has 0 radical (unpaired) electrons. The highest BCUT2D eigenvalue weighted by atomic mass is 16.4. The van der Waals surface area contributed by atoms with E-state index in [1.807, 2.05) is 20.8 Å². The highest BCUT2D eigenvalue weighted by molar-refractivity contribution is 5.83. The van der Waals surface area contributed by atoms with E-state index in [2.05, 4.69) is 21.9 Å². The van der Waals surface area contributed by atoms with Crippen LogP contribution in [-0.2, 0) is 11.2 Å². The third-order valence-corrected chi connectivity index (χ3v) is 2.94. The van der Waals surface area contributed by atoms with Crippen LogP contribution in [0, 0.1) is 0 Å². The Morgan fingerprint density at radius 2 is 2.24 bits per heavy atom. The molecule has 0 spiro atoms. The third-order valence-electron chi connectivity index (χ3n) is 2.94. The van der Waals surface area contributed by atoms with E-state index < -0.39 is 23.6 Å². The number of hydrogen-bond acceptors (Lipinski definition) is 3. The second-order valence-electron chi connectivity index (χ2n) is 5.69. The molecule has 21 heavy (non-hydrogen) atoms. The van der Waals surface area contributed by atoms with Crippen LogP contribution < -0.4 is 5.32 Å². The Balaban J connectivity index is 2.79. The third kappa shape index (κ3) is 4.94. The molecule has 0 saturated heterocycles. The number of nitrogens with zero attached hydrogens (tertiary/aromatic N) is 2. The SMILES string of the molecule is C=CCN(C(=O)NC(Cc1cnc[nH]1)C(=O)O)C(C)(C)C. The predicted octanol–water partition coefficient (Wildman–Crippen LogP) is 1.40. The Kier molecular flexibility index (Phi) is 5.52. The fraction of sp³-hybridized carbons (Fsp3) is 0.500. The zero-order valence-corrected chi connectivity index (χ0v) is 12.6. The van der Waals surface area contributed by atoms with Crippen molar-refractivity contribution < 1.29 is 14.7 Å². The molecule has 0 saturated carbocycles. The number of urea groups is 1. The van der Waals surface area contributed by atoms with Crippen molar-refractivity contribution in [2.75, 3.05) is 6.54 Å². The Morgan fingerprint density at radius 3 is 2.67 bits per heavy atom. The number of H-pyrrole nitrogens is 1. The van der Waals surface area contributed by atoms with Gasteiger partial charge in [0.1, 0.15) is 6.04 Å². The van der Waals surface area contributed by atoms with E-state index in [0.29, 0.717) is 12.2 Å². The molecular weight excluding hydrogens is 272 g/mol. The summed E-state index contributed by atoms with van der Waals surface area (Å²) in [6, 6.07) is -1.46. The monoisotopic (exact) mass is 294 g/mol. The minimum absolute atomic E-state index is 0.146. The summed E-state index contributed by atoms with van der Waals surface area (Å²) in [7, 11) is 0. The van der Waals surface area contributed by atoms with E-state index >= 15 is 0 Å². The largest absolute Gasteiger partial charge is 0.480 e. The highest BCUT2D eigenvalue weighted by Crippen LogP contribution is 2.13. The van der Waals surface area contributed by atoms with Crippen molar-refractivity contribution in [3.05, 3.63) is 30.9 Å². The number of rotatable bonds is 6. The lowest BCUT2D eigenvalue weighted by atomic mass is 10.1. The summed E-state index contributed by atoms with van der Waals surface area (Å²) in [5, 5.41) is 11.8. The number of hydrogen-bond donors (Lipinski definition) is 3. The Hall–Kier alpha value is -2.31. The maximum Gasteiger partial charge on any atom is 0.326 e. The van der Waals surface area contributed by atoms with Crippen molar-refractivity contribution in [1.29, 1.82) is 0 Å². The van der Waals surface area contributed by atoms with Crippen LogP contribution >= 0.6 is 0 Å². The van der Waals surface area contributed by atoms with Crippen LogP contribution in [0.25, 0.3) is 0 Å². The molecule has 3 N–H and O–H groups in total. The van der Waals surface area contributed by atoms with Crippen molar-refractivity contribution in [2.45, 2.75) is 38.8 Å². The summed E-state index contributed by atoms with van der Waals surface area (Å²) in [4.78, 5) is 31.8. The van der Waals surface area contributed by atoms with Gasteiger partial charge in [-0.15, -0.1) is 6.58 Å². The maximum absolute atomic E-state index is 12.3. The zero-order chi connectivity index (χ0) is 16.0. The summed E-state index contributed by atoms with van der Waals surface area (Å²) in [6.07, 6.45) is 4.76. The molecule has 0 aliphatic carbocycles. The summed E-state index contributed by atoms with van der Waals surface area (Å²) in [5.74, 6) is -1.09. The van der Waals surface area contributed by atoms with Gasteiger partial charge in [-0.05, 0) is 20.8 Å². The molecule has 0 fully saturated rings. The first-order chi connectivity index (χ1) is 9.75. The van der Waals surface area contributed by atoms with Crippen LogP contribution in [0.1, 0.15) is 26.5 Å². The molecule has 1 unspecified atom stereocenters. The lowest BCUT2D eigenvalue weighted by molar-refractivity contribution is -0.139. The van der Waals surface area contributed by atoms with Crippen molar-refractivity contribution >= 4 is 12.0 Å². The number of carbonyl (C=O) groups excluding carboxylic acids is 1. The first kappa shape index (κ1) is 16.7. The number of aromatic nitrogens is 2. The van der Waals surface area contributed by atoms with E-state index in [9.17, 15) is 14.7 Å². The predicted molar refractivity (Wildman–Crippen MR) is 78.9 cm³/mol. The number of carboxylic acids is 1. The average Bonchev–Trinajstić information content (AvgIpc) is 2.86. The molecule has 0 aliphatic heterocycles. The molecule has 116 valence electrons. The molecule has 0 aliphatic rings. The van der Waals surface area contributed by atoms with Crippen LogP contribution in [0.15, 0.2) is 25.2 Å². The van der Waals surface area contributed by atoms with Gasteiger partial charge >= 0.3 is 12.0 Å². The van der Waals surface area contributed by atoms with E-state index in [4.69, 9.17) is 0 Å². The fourth-order valence-corrected chi connectivity index (χ4v) is 1.83. The van der Waals surface area contributed by atoms with E-state index in [0.717, 1.165) is 0 Å². The van der Waals surface area contributed by atoms with Gasteiger partial charge in [-0.1, -0.05) is 6.08 Å². The number of aromatic amines is 1. The topological polar surface area (TPSA) is 98.3 Å². The first-order valence-electron chi connectivity index (χ1n) is 6.64. The van der Waals surface area contributed by atoms with E-state index in [1.165, 1.54) is 17.4 Å². The fourth-order valence-electron chi connectivity index (χ4n) is 1.83. The van der Waals surface area contributed by atoms with Gasteiger partial charge < -0.3 is 20.3 Å². The second-order valence-corrected chi connectivity index (χ2v) is 5.69. The lowest BCUT2D eigenvalue weighted by Crippen LogP contribution is -2.54. The highest BCUT2D eigenvalue weighted by Gasteiger charge is 2.29. The van der Waals surface area contributed by atoms with Gasteiger partial charge in [0, 0.05) is 30.4 Å². The number of nitrogens with one attached hydrogen (secondary N) is 2. The molecule has 7 nitrogen and oxygen atoms in total. The minimum atomic E-state index is -1.09.